The number of carboxylic acids is 1. The Morgan fingerprint density at radius 1 is 1.20 bits per heavy atom. The number of carboxylic acid groups (broad SMARTS) is 1. The van der Waals surface area contributed by atoms with E-state index in [0.717, 1.165) is 4.88 Å². The predicted molar refractivity (Wildman–Crippen MR) is 78.8 cm³/mol. The zero-order chi connectivity index (χ0) is 14.6. The van der Waals surface area contributed by atoms with Crippen LogP contribution in [0.3, 0.4) is 0 Å². The summed E-state index contributed by atoms with van der Waals surface area (Å²) in [6.07, 6.45) is 0.405. The molecular weight excluding hydrogens is 298 g/mol. The average molecular weight is 311 g/mol. The average Bonchev–Trinajstić information content (AvgIpc) is 2.89. The van der Waals surface area contributed by atoms with Crippen molar-refractivity contribution in [3.8, 4) is 0 Å². The summed E-state index contributed by atoms with van der Waals surface area (Å²) in [7, 11) is -3.57. The van der Waals surface area contributed by atoms with Crippen LogP contribution in [0.5, 0.6) is 0 Å². The molecule has 0 fully saturated rings. The van der Waals surface area contributed by atoms with E-state index in [9.17, 15) is 13.2 Å². The molecule has 7 heteroatoms. The maximum absolute atomic E-state index is 12.0. The fourth-order valence-corrected chi connectivity index (χ4v) is 3.61. The first-order valence-corrected chi connectivity index (χ1v) is 8.36. The van der Waals surface area contributed by atoms with E-state index in [-0.39, 0.29) is 17.0 Å². The lowest BCUT2D eigenvalue weighted by Gasteiger charge is -2.09. The minimum absolute atomic E-state index is 0.0628. The van der Waals surface area contributed by atoms with Gasteiger partial charge in [-0.15, -0.1) is 11.3 Å². The molecule has 0 aliphatic rings. The molecule has 2 aromatic rings. The number of carbonyl (C=O) groups is 1. The number of benzene rings is 1. The van der Waals surface area contributed by atoms with E-state index in [1.54, 1.807) is 12.1 Å². The number of anilines is 1. The van der Waals surface area contributed by atoms with Crippen LogP contribution in [0.15, 0.2) is 41.8 Å². The van der Waals surface area contributed by atoms with Crippen LogP contribution in [-0.2, 0) is 16.4 Å². The van der Waals surface area contributed by atoms with Crippen molar-refractivity contribution in [2.45, 2.75) is 6.42 Å². The Labute approximate surface area is 120 Å². The monoisotopic (exact) mass is 311 g/mol. The van der Waals surface area contributed by atoms with E-state index >= 15 is 0 Å². The standard InChI is InChI=1S/C13H13NO4S2/c15-13(16)11-5-1-2-6-12(11)14-20(17,18)9-7-10-4-3-8-19-10/h1-6,8,14H,7,9H2,(H,15,16). The van der Waals surface area contributed by atoms with Gasteiger partial charge in [-0.1, -0.05) is 18.2 Å². The number of hydrogen-bond acceptors (Lipinski definition) is 4. The number of nitrogens with one attached hydrogen (secondary N) is 1. The van der Waals surface area contributed by atoms with E-state index in [1.165, 1.54) is 23.5 Å². The molecule has 0 bridgehead atoms. The maximum Gasteiger partial charge on any atom is 0.337 e. The van der Waals surface area contributed by atoms with Gasteiger partial charge in [0.25, 0.3) is 0 Å². The minimum atomic E-state index is -3.57. The van der Waals surface area contributed by atoms with Crippen LogP contribution >= 0.6 is 11.3 Å². The molecule has 0 radical (unpaired) electrons. The highest BCUT2D eigenvalue weighted by Crippen LogP contribution is 2.17. The number of para-hydroxylation sites is 1. The first-order valence-electron chi connectivity index (χ1n) is 5.83. The summed E-state index contributed by atoms with van der Waals surface area (Å²) in [6, 6.07) is 9.66. The number of aryl methyl sites for hydroxylation is 1. The first kappa shape index (κ1) is 14.5. The van der Waals surface area contributed by atoms with Gasteiger partial charge in [0.05, 0.1) is 17.0 Å². The second-order valence-electron chi connectivity index (χ2n) is 4.10. The van der Waals surface area contributed by atoms with Gasteiger partial charge in [0.15, 0.2) is 0 Å². The normalized spacial score (nSPS) is 11.2. The van der Waals surface area contributed by atoms with E-state index in [1.807, 2.05) is 17.5 Å². The Bertz CT molecular complexity index is 693. The number of hydrogen-bond donors (Lipinski definition) is 2. The number of rotatable bonds is 6. The van der Waals surface area contributed by atoms with Crippen LogP contribution in [0.1, 0.15) is 15.2 Å². The summed E-state index contributed by atoms with van der Waals surface area (Å²) in [6.45, 7) is 0. The van der Waals surface area contributed by atoms with Gasteiger partial charge in [-0.25, -0.2) is 13.2 Å². The Morgan fingerprint density at radius 2 is 1.95 bits per heavy atom. The third-order valence-electron chi connectivity index (χ3n) is 2.62. The summed E-state index contributed by atoms with van der Waals surface area (Å²) in [4.78, 5) is 12.0. The van der Waals surface area contributed by atoms with Crippen LogP contribution in [0.2, 0.25) is 0 Å². The summed E-state index contributed by atoms with van der Waals surface area (Å²) in [5.74, 6) is -1.25. The fraction of sp³-hybridized carbons (Fsp3) is 0.154. The predicted octanol–water partition coefficient (Wildman–Crippen LogP) is 2.43. The van der Waals surface area contributed by atoms with Crippen LogP contribution < -0.4 is 4.72 Å². The summed E-state index contributed by atoms with van der Waals surface area (Å²) in [5.41, 5.74) is 0.0263. The molecule has 1 heterocycles. The molecular formula is C13H13NO4S2. The van der Waals surface area contributed by atoms with E-state index in [4.69, 9.17) is 5.11 Å². The van der Waals surface area contributed by atoms with Crippen molar-refractivity contribution >= 4 is 33.0 Å². The third-order valence-corrected chi connectivity index (χ3v) is 4.83. The van der Waals surface area contributed by atoms with Gasteiger partial charge in [-0.05, 0) is 30.0 Å². The zero-order valence-corrected chi connectivity index (χ0v) is 12.1. The molecule has 0 saturated heterocycles. The first-order chi connectivity index (χ1) is 9.48. The molecule has 106 valence electrons. The molecule has 0 unspecified atom stereocenters. The molecule has 2 N–H and O–H groups in total. The van der Waals surface area contributed by atoms with Gasteiger partial charge in [0, 0.05) is 4.88 Å². The number of sulfonamides is 1. The van der Waals surface area contributed by atoms with Crippen LogP contribution in [0.4, 0.5) is 5.69 Å². The zero-order valence-electron chi connectivity index (χ0n) is 10.4. The largest absolute Gasteiger partial charge is 0.478 e. The van der Waals surface area contributed by atoms with Crippen molar-refractivity contribution in [1.82, 2.24) is 0 Å². The van der Waals surface area contributed by atoms with Crippen molar-refractivity contribution in [2.24, 2.45) is 0 Å². The van der Waals surface area contributed by atoms with Crippen molar-refractivity contribution in [3.05, 3.63) is 52.2 Å². The second kappa shape index (κ2) is 6.06. The fourth-order valence-electron chi connectivity index (χ4n) is 1.67. The van der Waals surface area contributed by atoms with Gasteiger partial charge in [-0.2, -0.15) is 0 Å². The van der Waals surface area contributed by atoms with Crippen LogP contribution in [0.25, 0.3) is 0 Å². The topological polar surface area (TPSA) is 83.5 Å². The molecule has 1 aromatic heterocycles. The summed E-state index contributed by atoms with van der Waals surface area (Å²) in [5, 5.41) is 10.9. The van der Waals surface area contributed by atoms with Gasteiger partial charge < -0.3 is 5.11 Å². The molecule has 0 amide bonds. The van der Waals surface area contributed by atoms with E-state index in [2.05, 4.69) is 4.72 Å². The smallest absolute Gasteiger partial charge is 0.337 e. The molecule has 0 saturated carbocycles. The molecule has 2 rings (SSSR count). The van der Waals surface area contributed by atoms with Crippen molar-refractivity contribution in [2.75, 3.05) is 10.5 Å². The van der Waals surface area contributed by atoms with Crippen molar-refractivity contribution in [3.63, 3.8) is 0 Å². The minimum Gasteiger partial charge on any atom is -0.478 e. The second-order valence-corrected chi connectivity index (χ2v) is 6.98. The SMILES string of the molecule is O=C(O)c1ccccc1NS(=O)(=O)CCc1cccs1. The lowest BCUT2D eigenvalue weighted by Crippen LogP contribution is -2.19. The van der Waals surface area contributed by atoms with Gasteiger partial charge >= 0.3 is 5.97 Å². The lowest BCUT2D eigenvalue weighted by molar-refractivity contribution is 0.0698. The molecule has 20 heavy (non-hydrogen) atoms. The molecule has 0 aliphatic heterocycles. The summed E-state index contributed by atoms with van der Waals surface area (Å²) < 4.78 is 26.3. The van der Waals surface area contributed by atoms with Gasteiger partial charge in [0.2, 0.25) is 10.0 Å². The van der Waals surface area contributed by atoms with Crippen LogP contribution in [-0.4, -0.2) is 25.2 Å². The van der Waals surface area contributed by atoms with Gasteiger partial charge in [-0.3, -0.25) is 4.72 Å². The van der Waals surface area contributed by atoms with Gasteiger partial charge in [0.1, 0.15) is 0 Å². The molecule has 0 aliphatic carbocycles. The van der Waals surface area contributed by atoms with E-state index in [0.29, 0.717) is 6.42 Å². The Hall–Kier alpha value is -1.86. The highest BCUT2D eigenvalue weighted by atomic mass is 32.2. The molecule has 0 atom stereocenters. The third kappa shape index (κ3) is 3.82. The highest BCUT2D eigenvalue weighted by molar-refractivity contribution is 7.92. The summed E-state index contributed by atoms with van der Waals surface area (Å²) >= 11 is 1.49. The molecule has 1 aromatic carbocycles. The van der Waals surface area contributed by atoms with E-state index < -0.39 is 16.0 Å². The molecule has 0 spiro atoms. The Kier molecular flexibility index (Phi) is 4.41. The number of aromatic carboxylic acids is 1. The Balaban J connectivity index is 2.10. The Morgan fingerprint density at radius 3 is 2.60 bits per heavy atom. The maximum atomic E-state index is 12.0. The lowest BCUT2D eigenvalue weighted by atomic mass is 10.2. The highest BCUT2D eigenvalue weighted by Gasteiger charge is 2.16. The van der Waals surface area contributed by atoms with Crippen LogP contribution in [0, 0.1) is 0 Å². The quantitative estimate of drug-likeness (QED) is 0.858. The number of thiophene rings is 1. The van der Waals surface area contributed by atoms with Crippen molar-refractivity contribution < 1.29 is 18.3 Å². The van der Waals surface area contributed by atoms with Crippen molar-refractivity contribution in [1.29, 1.82) is 0 Å². The molecule has 5 nitrogen and oxygen atoms in total.